The van der Waals surface area contributed by atoms with Crippen LogP contribution in [0.15, 0.2) is 12.2 Å². The van der Waals surface area contributed by atoms with Crippen molar-refractivity contribution in [2.24, 2.45) is 5.92 Å². The van der Waals surface area contributed by atoms with Crippen molar-refractivity contribution in [3.63, 3.8) is 0 Å². The molecule has 0 aromatic heterocycles. The van der Waals surface area contributed by atoms with Crippen molar-refractivity contribution in [3.05, 3.63) is 12.2 Å². The number of alkyl halides is 1. The van der Waals surface area contributed by atoms with E-state index in [-0.39, 0.29) is 12.0 Å². The van der Waals surface area contributed by atoms with Crippen LogP contribution >= 0.6 is 11.6 Å². The number of allylic oxidation sites excluding steroid dienone is 1. The summed E-state index contributed by atoms with van der Waals surface area (Å²) in [4.78, 5) is 11.1. The summed E-state index contributed by atoms with van der Waals surface area (Å²) in [5, 5.41) is 0. The number of hydrogen-bond donors (Lipinski definition) is 0. The maximum atomic E-state index is 11.1. The fourth-order valence-corrected chi connectivity index (χ4v) is 0.941. The molecule has 1 unspecified atom stereocenters. The van der Waals surface area contributed by atoms with E-state index in [0.29, 0.717) is 5.88 Å². The first-order valence-corrected chi connectivity index (χ1v) is 5.01. The molecule has 0 saturated carbocycles. The van der Waals surface area contributed by atoms with Crippen LogP contribution < -0.4 is 0 Å². The minimum Gasteiger partial charge on any atom is -0.448 e. The second-order valence-corrected chi connectivity index (χ2v) is 3.38. The molecule has 0 spiro atoms. The van der Waals surface area contributed by atoms with Crippen molar-refractivity contribution in [2.75, 3.05) is 5.88 Å². The molecule has 0 aromatic carbocycles. The smallest absolute Gasteiger partial charge is 0.384 e. The lowest BCUT2D eigenvalue weighted by Gasteiger charge is -2.15. The van der Waals surface area contributed by atoms with Crippen molar-refractivity contribution in [2.45, 2.75) is 26.9 Å². The Kier molecular flexibility index (Phi) is 6.96. The summed E-state index contributed by atoms with van der Waals surface area (Å²) in [5.41, 5.74) is 0. The third kappa shape index (κ3) is 5.66. The van der Waals surface area contributed by atoms with E-state index < -0.39 is 5.97 Å². The van der Waals surface area contributed by atoms with Crippen LogP contribution in [-0.4, -0.2) is 18.0 Å². The molecule has 0 saturated heterocycles. The number of rotatable bonds is 4. The molecule has 0 fully saturated rings. The Hall–Kier alpha value is -0.940. The second kappa shape index (κ2) is 7.46. The molecular weight excluding hydrogens is 200 g/mol. The summed E-state index contributed by atoms with van der Waals surface area (Å²) in [6.07, 6.45) is 3.30. The van der Waals surface area contributed by atoms with E-state index in [4.69, 9.17) is 16.3 Å². The molecule has 1 atom stereocenters. The van der Waals surface area contributed by atoms with Gasteiger partial charge in [0.2, 0.25) is 0 Å². The summed E-state index contributed by atoms with van der Waals surface area (Å²) in [6.45, 7) is 5.53. The first-order chi connectivity index (χ1) is 6.61. The molecule has 0 amide bonds. The minimum atomic E-state index is -0.495. The van der Waals surface area contributed by atoms with Crippen LogP contribution in [0.1, 0.15) is 20.8 Å². The lowest BCUT2D eigenvalue weighted by molar-refractivity contribution is -0.141. The molecule has 0 aliphatic carbocycles. The number of halogens is 1. The topological polar surface area (TPSA) is 26.3 Å². The minimum absolute atomic E-state index is 0.220. The van der Waals surface area contributed by atoms with E-state index >= 15 is 0 Å². The van der Waals surface area contributed by atoms with Crippen LogP contribution in [0.4, 0.5) is 0 Å². The van der Waals surface area contributed by atoms with Crippen LogP contribution in [0, 0.1) is 17.8 Å². The van der Waals surface area contributed by atoms with Crippen molar-refractivity contribution in [1.82, 2.24) is 0 Å². The molecule has 0 heterocycles. The van der Waals surface area contributed by atoms with Crippen molar-refractivity contribution >= 4 is 17.6 Å². The summed E-state index contributed by atoms with van der Waals surface area (Å²) in [7, 11) is 0. The van der Waals surface area contributed by atoms with Crippen LogP contribution in [0.25, 0.3) is 0 Å². The van der Waals surface area contributed by atoms with E-state index in [1.807, 2.05) is 13.8 Å². The summed E-state index contributed by atoms with van der Waals surface area (Å²) in [5.74, 6) is 4.96. The second-order valence-electron chi connectivity index (χ2n) is 3.07. The number of carbonyl (C=O) groups is 1. The molecule has 0 aliphatic rings. The van der Waals surface area contributed by atoms with Gasteiger partial charge in [0.25, 0.3) is 0 Å². The number of ether oxygens (including phenoxy) is 1. The Morgan fingerprint density at radius 3 is 2.64 bits per heavy atom. The SMILES string of the molecule is CC#CC(=O)OC(/C=C\CCl)C(C)C. The highest BCUT2D eigenvalue weighted by Crippen LogP contribution is 2.08. The third-order valence-corrected chi connectivity index (χ3v) is 1.72. The quantitative estimate of drug-likeness (QED) is 0.236. The van der Waals surface area contributed by atoms with Crippen LogP contribution in [0.2, 0.25) is 0 Å². The van der Waals surface area contributed by atoms with E-state index in [2.05, 4.69) is 11.8 Å². The van der Waals surface area contributed by atoms with Crippen LogP contribution in [-0.2, 0) is 9.53 Å². The van der Waals surface area contributed by atoms with Crippen LogP contribution in [0.3, 0.4) is 0 Å². The zero-order chi connectivity index (χ0) is 11.0. The highest BCUT2D eigenvalue weighted by atomic mass is 35.5. The standard InChI is InChI=1S/C11H15ClO2/c1-4-6-11(13)14-10(9(2)3)7-5-8-12/h5,7,9-10H,8H2,1-3H3/b7-5-. The average Bonchev–Trinajstić information content (AvgIpc) is 2.12. The molecule has 2 nitrogen and oxygen atoms in total. The van der Waals surface area contributed by atoms with Crippen LogP contribution in [0.5, 0.6) is 0 Å². The lowest BCUT2D eigenvalue weighted by Crippen LogP contribution is -2.20. The van der Waals surface area contributed by atoms with E-state index in [0.717, 1.165) is 0 Å². The Balaban J connectivity index is 4.27. The summed E-state index contributed by atoms with van der Waals surface area (Å²) >= 11 is 5.49. The zero-order valence-corrected chi connectivity index (χ0v) is 9.47. The lowest BCUT2D eigenvalue weighted by atomic mass is 10.1. The Bertz CT molecular complexity index is 258. The predicted octanol–water partition coefficient (Wildman–Crippen LogP) is 2.37. The largest absolute Gasteiger partial charge is 0.448 e. The Labute approximate surface area is 90.3 Å². The molecule has 3 heteroatoms. The van der Waals surface area contributed by atoms with Crippen molar-refractivity contribution < 1.29 is 9.53 Å². The first kappa shape index (κ1) is 13.1. The van der Waals surface area contributed by atoms with E-state index in [1.165, 1.54) is 0 Å². The highest BCUT2D eigenvalue weighted by Gasteiger charge is 2.13. The van der Waals surface area contributed by atoms with Gasteiger partial charge in [0.1, 0.15) is 6.10 Å². The maximum Gasteiger partial charge on any atom is 0.384 e. The van der Waals surface area contributed by atoms with E-state index in [9.17, 15) is 4.79 Å². The van der Waals surface area contributed by atoms with Gasteiger partial charge in [-0.3, -0.25) is 0 Å². The normalized spacial score (nSPS) is 12.4. The van der Waals surface area contributed by atoms with Gasteiger partial charge in [0.15, 0.2) is 0 Å². The molecule has 78 valence electrons. The summed E-state index contributed by atoms with van der Waals surface area (Å²) < 4.78 is 5.10. The molecule has 0 N–H and O–H groups in total. The fourth-order valence-electron chi connectivity index (χ4n) is 0.838. The van der Waals surface area contributed by atoms with Gasteiger partial charge in [-0.25, -0.2) is 4.79 Å². The molecule has 0 aliphatic heterocycles. The first-order valence-electron chi connectivity index (χ1n) is 4.47. The van der Waals surface area contributed by atoms with Gasteiger partial charge in [-0.15, -0.1) is 11.6 Å². The average molecular weight is 215 g/mol. The molecule has 14 heavy (non-hydrogen) atoms. The molecule has 0 radical (unpaired) electrons. The molecule has 0 aromatic rings. The van der Waals surface area contributed by atoms with Gasteiger partial charge in [0.05, 0.1) is 0 Å². The summed E-state index contributed by atoms with van der Waals surface area (Å²) in [6, 6.07) is 0. The van der Waals surface area contributed by atoms with E-state index in [1.54, 1.807) is 19.1 Å². The van der Waals surface area contributed by atoms with Gasteiger partial charge in [0, 0.05) is 11.8 Å². The zero-order valence-electron chi connectivity index (χ0n) is 8.71. The molecular formula is C11H15ClO2. The fraction of sp³-hybridized carbons (Fsp3) is 0.545. The maximum absolute atomic E-state index is 11.1. The van der Waals surface area contributed by atoms with Gasteiger partial charge >= 0.3 is 5.97 Å². The monoisotopic (exact) mass is 214 g/mol. The third-order valence-electron chi connectivity index (χ3n) is 1.54. The molecule has 0 bridgehead atoms. The predicted molar refractivity (Wildman–Crippen MR) is 58.0 cm³/mol. The number of carbonyl (C=O) groups excluding carboxylic acids is 1. The Morgan fingerprint density at radius 1 is 1.57 bits per heavy atom. The van der Waals surface area contributed by atoms with Gasteiger partial charge in [-0.2, -0.15) is 0 Å². The highest BCUT2D eigenvalue weighted by molar-refractivity contribution is 6.18. The Morgan fingerprint density at radius 2 is 2.21 bits per heavy atom. The van der Waals surface area contributed by atoms with Gasteiger partial charge < -0.3 is 4.74 Å². The number of esters is 1. The van der Waals surface area contributed by atoms with Gasteiger partial charge in [-0.05, 0) is 18.9 Å². The van der Waals surface area contributed by atoms with Gasteiger partial charge in [-0.1, -0.05) is 25.8 Å². The number of hydrogen-bond acceptors (Lipinski definition) is 2. The molecule has 0 rings (SSSR count). The van der Waals surface area contributed by atoms with Crippen molar-refractivity contribution in [3.8, 4) is 11.8 Å². The van der Waals surface area contributed by atoms with Crippen molar-refractivity contribution in [1.29, 1.82) is 0 Å².